The Bertz CT molecular complexity index is 996. The minimum Gasteiger partial charge on any atom is -0.497 e. The summed E-state index contributed by atoms with van der Waals surface area (Å²) in [5, 5.41) is 0. The molecule has 3 rings (SSSR count). The number of aryl methyl sites for hydroxylation is 1. The van der Waals surface area contributed by atoms with Crippen molar-refractivity contribution < 1.29 is 17.9 Å². The van der Waals surface area contributed by atoms with Gasteiger partial charge in [0.1, 0.15) is 23.4 Å². The molecule has 0 fully saturated rings. The minimum absolute atomic E-state index is 0.149. The Hall–Kier alpha value is -2.84. The molecule has 2 aromatic carbocycles. The van der Waals surface area contributed by atoms with Crippen LogP contribution in [0, 0.1) is 0 Å². The molecule has 0 spiro atoms. The van der Waals surface area contributed by atoms with Crippen LogP contribution in [-0.4, -0.2) is 32.2 Å². The number of hydrogen-bond acceptors (Lipinski definition) is 5. The summed E-state index contributed by atoms with van der Waals surface area (Å²) in [6, 6.07) is 12.8. The zero-order valence-corrected chi connectivity index (χ0v) is 16.1. The Morgan fingerprint density at radius 3 is 2.00 bits per heavy atom. The Kier molecular flexibility index (Phi) is 5.48. The van der Waals surface area contributed by atoms with Crippen LogP contribution in [0.1, 0.15) is 17.4 Å². The van der Waals surface area contributed by atoms with Crippen LogP contribution in [0.4, 0.5) is 0 Å². The van der Waals surface area contributed by atoms with Crippen molar-refractivity contribution >= 4 is 10.0 Å². The lowest BCUT2D eigenvalue weighted by Gasteiger charge is -2.19. The van der Waals surface area contributed by atoms with E-state index >= 15 is 0 Å². The van der Waals surface area contributed by atoms with E-state index < -0.39 is 16.1 Å². The Labute approximate surface area is 158 Å². The second-order valence-electron chi connectivity index (χ2n) is 5.90. The molecule has 0 amide bonds. The van der Waals surface area contributed by atoms with E-state index in [0.717, 1.165) is 5.56 Å². The highest BCUT2D eigenvalue weighted by Crippen LogP contribution is 2.25. The van der Waals surface area contributed by atoms with Crippen molar-refractivity contribution in [3.63, 3.8) is 0 Å². The van der Waals surface area contributed by atoms with Gasteiger partial charge < -0.3 is 14.0 Å². The summed E-state index contributed by atoms with van der Waals surface area (Å²) < 4.78 is 40.7. The van der Waals surface area contributed by atoms with Crippen LogP contribution in [0.5, 0.6) is 11.5 Å². The van der Waals surface area contributed by atoms with E-state index in [-0.39, 0.29) is 4.90 Å². The number of imidazole rings is 1. The van der Waals surface area contributed by atoms with Gasteiger partial charge in [-0.05, 0) is 42.0 Å². The van der Waals surface area contributed by atoms with Crippen LogP contribution in [0.2, 0.25) is 0 Å². The summed E-state index contributed by atoms with van der Waals surface area (Å²) >= 11 is 0. The Balaban J connectivity index is 1.98. The first-order valence-electron chi connectivity index (χ1n) is 8.22. The maximum absolute atomic E-state index is 12.9. The van der Waals surface area contributed by atoms with Gasteiger partial charge in [-0.1, -0.05) is 12.1 Å². The van der Waals surface area contributed by atoms with E-state index in [9.17, 15) is 8.42 Å². The van der Waals surface area contributed by atoms with Crippen molar-refractivity contribution in [1.82, 2.24) is 14.3 Å². The van der Waals surface area contributed by atoms with Crippen molar-refractivity contribution in [2.45, 2.75) is 10.9 Å². The second kappa shape index (κ2) is 7.81. The lowest BCUT2D eigenvalue weighted by atomic mass is 10.1. The van der Waals surface area contributed by atoms with Crippen molar-refractivity contribution in [3.8, 4) is 11.5 Å². The summed E-state index contributed by atoms with van der Waals surface area (Å²) in [7, 11) is 1.15. The molecule has 0 aliphatic rings. The molecule has 8 heteroatoms. The van der Waals surface area contributed by atoms with Gasteiger partial charge in [0, 0.05) is 19.4 Å². The number of rotatable bonds is 7. The molecular weight excluding hydrogens is 366 g/mol. The molecule has 142 valence electrons. The van der Waals surface area contributed by atoms with Crippen LogP contribution in [-0.2, 0) is 17.1 Å². The summed E-state index contributed by atoms with van der Waals surface area (Å²) in [6.45, 7) is 0. The SMILES string of the molecule is COc1ccc(C(NS(=O)(=O)c2ccc(OC)cc2)c2nccn2C)cc1. The Morgan fingerprint density at radius 2 is 1.52 bits per heavy atom. The topological polar surface area (TPSA) is 82.4 Å². The van der Waals surface area contributed by atoms with E-state index in [0.29, 0.717) is 17.3 Å². The summed E-state index contributed by atoms with van der Waals surface area (Å²) in [5.74, 6) is 1.86. The van der Waals surface area contributed by atoms with Gasteiger partial charge in [0.05, 0.1) is 19.1 Å². The highest BCUT2D eigenvalue weighted by atomic mass is 32.2. The zero-order valence-electron chi connectivity index (χ0n) is 15.3. The van der Waals surface area contributed by atoms with Crippen molar-refractivity contribution in [2.75, 3.05) is 14.2 Å². The summed E-state index contributed by atoms with van der Waals surface area (Å²) in [5.41, 5.74) is 0.752. The standard InChI is InChI=1S/C19H21N3O4S/c1-22-13-12-20-19(22)18(14-4-6-15(25-2)7-5-14)21-27(23,24)17-10-8-16(26-3)9-11-17/h4-13,18,21H,1-3H3. The van der Waals surface area contributed by atoms with Crippen molar-refractivity contribution in [1.29, 1.82) is 0 Å². The van der Waals surface area contributed by atoms with E-state index in [2.05, 4.69) is 9.71 Å². The molecule has 1 heterocycles. The van der Waals surface area contributed by atoms with Gasteiger partial charge >= 0.3 is 0 Å². The zero-order chi connectivity index (χ0) is 19.4. The normalized spacial score (nSPS) is 12.6. The lowest BCUT2D eigenvalue weighted by molar-refractivity contribution is 0.414. The van der Waals surface area contributed by atoms with E-state index in [1.807, 2.05) is 19.2 Å². The summed E-state index contributed by atoms with van der Waals surface area (Å²) in [6.07, 6.45) is 3.40. The molecule has 0 saturated heterocycles. The molecule has 7 nitrogen and oxygen atoms in total. The van der Waals surface area contributed by atoms with Gasteiger partial charge in [-0.3, -0.25) is 0 Å². The molecule has 3 aromatic rings. The van der Waals surface area contributed by atoms with Gasteiger partial charge in [-0.15, -0.1) is 0 Å². The van der Waals surface area contributed by atoms with E-state index in [4.69, 9.17) is 9.47 Å². The minimum atomic E-state index is -3.78. The summed E-state index contributed by atoms with van der Waals surface area (Å²) in [4.78, 5) is 4.47. The fourth-order valence-corrected chi connectivity index (χ4v) is 3.88. The highest BCUT2D eigenvalue weighted by Gasteiger charge is 2.25. The van der Waals surface area contributed by atoms with Crippen LogP contribution in [0.15, 0.2) is 65.8 Å². The number of nitrogens with zero attached hydrogens (tertiary/aromatic N) is 2. The number of benzene rings is 2. The van der Waals surface area contributed by atoms with Crippen LogP contribution >= 0.6 is 0 Å². The molecule has 0 aliphatic carbocycles. The maximum atomic E-state index is 12.9. The van der Waals surface area contributed by atoms with E-state index in [1.54, 1.807) is 48.3 Å². The molecule has 1 unspecified atom stereocenters. The van der Waals surface area contributed by atoms with Crippen LogP contribution in [0.3, 0.4) is 0 Å². The molecule has 1 atom stereocenters. The average Bonchev–Trinajstić information content (AvgIpc) is 3.12. The number of aromatic nitrogens is 2. The van der Waals surface area contributed by atoms with Gasteiger partial charge in [-0.25, -0.2) is 13.4 Å². The molecule has 0 radical (unpaired) electrons. The van der Waals surface area contributed by atoms with E-state index in [1.165, 1.54) is 19.2 Å². The van der Waals surface area contributed by atoms with Crippen LogP contribution < -0.4 is 14.2 Å². The first kappa shape index (κ1) is 18.9. The first-order chi connectivity index (χ1) is 12.9. The van der Waals surface area contributed by atoms with Gasteiger partial charge in [-0.2, -0.15) is 4.72 Å². The molecule has 0 saturated carbocycles. The smallest absolute Gasteiger partial charge is 0.241 e. The number of sulfonamides is 1. The average molecular weight is 387 g/mol. The quantitative estimate of drug-likeness (QED) is 0.674. The second-order valence-corrected chi connectivity index (χ2v) is 7.61. The molecular formula is C19H21N3O4S. The van der Waals surface area contributed by atoms with Crippen molar-refractivity contribution in [3.05, 3.63) is 72.3 Å². The number of methoxy groups -OCH3 is 2. The molecule has 1 aromatic heterocycles. The highest BCUT2D eigenvalue weighted by molar-refractivity contribution is 7.89. The largest absolute Gasteiger partial charge is 0.497 e. The molecule has 0 aliphatic heterocycles. The van der Waals surface area contributed by atoms with Gasteiger partial charge in [0.15, 0.2) is 0 Å². The van der Waals surface area contributed by atoms with Gasteiger partial charge in [0.25, 0.3) is 0 Å². The molecule has 27 heavy (non-hydrogen) atoms. The van der Waals surface area contributed by atoms with Gasteiger partial charge in [0.2, 0.25) is 10.0 Å². The lowest BCUT2D eigenvalue weighted by Crippen LogP contribution is -2.31. The maximum Gasteiger partial charge on any atom is 0.241 e. The predicted molar refractivity (Wildman–Crippen MR) is 101 cm³/mol. The number of hydrogen-bond donors (Lipinski definition) is 1. The monoisotopic (exact) mass is 387 g/mol. The third-order valence-corrected chi connectivity index (χ3v) is 5.65. The third kappa shape index (κ3) is 4.12. The fraction of sp³-hybridized carbons (Fsp3) is 0.211. The molecule has 1 N–H and O–H groups in total. The third-order valence-electron chi connectivity index (χ3n) is 4.21. The number of ether oxygens (including phenoxy) is 2. The Morgan fingerprint density at radius 1 is 0.963 bits per heavy atom. The van der Waals surface area contributed by atoms with Crippen molar-refractivity contribution in [2.24, 2.45) is 7.05 Å². The fourth-order valence-electron chi connectivity index (χ4n) is 2.70. The number of nitrogens with one attached hydrogen (secondary N) is 1. The molecule has 0 bridgehead atoms. The first-order valence-corrected chi connectivity index (χ1v) is 9.70. The van der Waals surface area contributed by atoms with Crippen LogP contribution in [0.25, 0.3) is 0 Å². The predicted octanol–water partition coefficient (Wildman–Crippen LogP) is 2.51.